The Hall–Kier alpha value is -2.76. The molecule has 6 nitrogen and oxygen atoms in total. The van der Waals surface area contributed by atoms with Gasteiger partial charge in [0.2, 0.25) is 0 Å². The van der Waals surface area contributed by atoms with Crippen molar-refractivity contribution in [2.24, 2.45) is 18.9 Å². The number of halogens is 4. The van der Waals surface area contributed by atoms with Crippen molar-refractivity contribution in [1.82, 2.24) is 19.2 Å². The molecule has 0 radical (unpaired) electrons. The van der Waals surface area contributed by atoms with E-state index >= 15 is 0 Å². The number of hydrogen-bond acceptors (Lipinski definition) is 3. The van der Waals surface area contributed by atoms with Gasteiger partial charge in [0.1, 0.15) is 12.4 Å². The summed E-state index contributed by atoms with van der Waals surface area (Å²) >= 11 is 0. The molecule has 1 saturated carbocycles. The van der Waals surface area contributed by atoms with Crippen LogP contribution in [-0.2, 0) is 30.1 Å². The average Bonchev–Trinajstić information content (AvgIpc) is 3.31. The van der Waals surface area contributed by atoms with Crippen molar-refractivity contribution < 1.29 is 26.0 Å². The van der Waals surface area contributed by atoms with Crippen molar-refractivity contribution in [3.63, 3.8) is 0 Å². The molecule has 36 heavy (non-hydrogen) atoms. The largest absolute Gasteiger partial charge is 0.402 e. The molecule has 3 atom stereocenters. The zero-order valence-electron chi connectivity index (χ0n) is 19.5. The minimum Gasteiger partial charge on any atom is -0.267 e. The monoisotopic (exact) mass is 522 g/mol. The predicted molar refractivity (Wildman–Crippen MR) is 128 cm³/mol. The van der Waals surface area contributed by atoms with Crippen LogP contribution in [-0.4, -0.2) is 37.0 Å². The van der Waals surface area contributed by atoms with Crippen LogP contribution in [0.25, 0.3) is 22.5 Å². The molecule has 11 heteroatoms. The second-order valence-corrected chi connectivity index (χ2v) is 11.1. The Bertz CT molecular complexity index is 1370. The fourth-order valence-corrected chi connectivity index (χ4v) is 6.64. The molecule has 0 saturated heterocycles. The van der Waals surface area contributed by atoms with Gasteiger partial charge in [0.05, 0.1) is 11.4 Å². The van der Waals surface area contributed by atoms with Crippen LogP contribution in [0.3, 0.4) is 0 Å². The Morgan fingerprint density at radius 2 is 1.61 bits per heavy atom. The van der Waals surface area contributed by atoms with Crippen molar-refractivity contribution >= 4 is 10.2 Å². The Morgan fingerprint density at radius 3 is 2.28 bits per heavy atom. The number of fused-ring (bicyclic) bond motifs is 3. The number of aryl methyl sites for hydroxylation is 1. The van der Waals surface area contributed by atoms with Gasteiger partial charge in [-0.1, -0.05) is 12.1 Å². The molecule has 0 aliphatic heterocycles. The quantitative estimate of drug-likeness (QED) is 0.472. The lowest BCUT2D eigenvalue weighted by atomic mass is 9.91. The molecule has 1 fully saturated rings. The fraction of sp³-hybridized carbons (Fsp3) is 0.400. The summed E-state index contributed by atoms with van der Waals surface area (Å²) < 4.78 is 81.3. The maximum Gasteiger partial charge on any atom is 0.402 e. The molecule has 2 aliphatic rings. The molecule has 3 aromatic rings. The van der Waals surface area contributed by atoms with Gasteiger partial charge < -0.3 is 0 Å². The number of rotatable bonds is 6. The van der Waals surface area contributed by atoms with Crippen molar-refractivity contribution in [3.05, 3.63) is 65.5 Å². The number of nitrogens with one attached hydrogen (secondary N) is 2. The van der Waals surface area contributed by atoms with E-state index in [4.69, 9.17) is 0 Å². The molecule has 2 N–H and O–H groups in total. The van der Waals surface area contributed by atoms with Crippen LogP contribution >= 0.6 is 0 Å². The van der Waals surface area contributed by atoms with Gasteiger partial charge in [-0.25, -0.2) is 4.39 Å². The Morgan fingerprint density at radius 1 is 0.972 bits per heavy atom. The smallest absolute Gasteiger partial charge is 0.267 e. The van der Waals surface area contributed by atoms with Gasteiger partial charge in [-0.15, -0.1) is 0 Å². The molecule has 0 amide bonds. The fourth-order valence-electron chi connectivity index (χ4n) is 5.46. The summed E-state index contributed by atoms with van der Waals surface area (Å²) in [5.74, 6) is -0.296. The Labute approximate surface area is 206 Å². The van der Waals surface area contributed by atoms with Crippen LogP contribution in [0.2, 0.25) is 0 Å². The standard InChI is InChI=1S/C25H26F4N4O2S/c1-33-23(15-6-8-21(26)9-7-15)13-22(31-33)17-3-2-16-10-18-4-5-19(12-20(16)11-17)24(18)32-36(34,35)30-14-25(27,28)29/h2-3,6-9,11,13,18-19,24,30,32H,4-5,10,12,14H2,1H3/t18-,19-,24+/m0/s1. The molecule has 0 spiro atoms. The van der Waals surface area contributed by atoms with Gasteiger partial charge in [0.25, 0.3) is 10.2 Å². The third-order valence-electron chi connectivity index (χ3n) is 7.16. The highest BCUT2D eigenvalue weighted by atomic mass is 32.2. The third kappa shape index (κ3) is 5.33. The van der Waals surface area contributed by atoms with Gasteiger partial charge in [-0.3, -0.25) is 4.68 Å². The number of hydrogen-bond donors (Lipinski definition) is 2. The SMILES string of the molecule is Cn1nc(-c2ccc3c(c2)C[C@@H]2CC[C@@H](C3)[C@H]2NS(=O)(=O)NCC(F)(F)F)cc1-c1ccc(F)cc1. The van der Waals surface area contributed by atoms with Crippen LogP contribution in [0.1, 0.15) is 24.0 Å². The van der Waals surface area contributed by atoms with Crippen LogP contribution in [0.5, 0.6) is 0 Å². The highest BCUT2D eigenvalue weighted by Gasteiger charge is 2.41. The van der Waals surface area contributed by atoms with Crippen molar-refractivity contribution in [2.75, 3.05) is 6.54 Å². The molecular formula is C25H26F4N4O2S. The Balaban J connectivity index is 1.36. The lowest BCUT2D eigenvalue weighted by Gasteiger charge is -2.23. The highest BCUT2D eigenvalue weighted by molar-refractivity contribution is 7.87. The van der Waals surface area contributed by atoms with Crippen molar-refractivity contribution in [1.29, 1.82) is 0 Å². The summed E-state index contributed by atoms with van der Waals surface area (Å²) in [6.07, 6.45) is -1.71. The van der Waals surface area contributed by atoms with Gasteiger partial charge in [-0.2, -0.15) is 36.1 Å². The number of alkyl halides is 3. The first kappa shape index (κ1) is 24.9. The summed E-state index contributed by atoms with van der Waals surface area (Å²) in [4.78, 5) is 0. The van der Waals surface area contributed by atoms with Gasteiger partial charge in [0, 0.05) is 18.7 Å². The normalized spacial score (nSPS) is 21.9. The minimum atomic E-state index is -4.62. The first-order valence-corrected chi connectivity index (χ1v) is 13.2. The molecule has 2 aromatic carbocycles. The van der Waals surface area contributed by atoms with E-state index in [9.17, 15) is 26.0 Å². The summed E-state index contributed by atoms with van der Waals surface area (Å²) in [7, 11) is -2.45. The van der Waals surface area contributed by atoms with E-state index in [0.29, 0.717) is 12.8 Å². The van der Waals surface area contributed by atoms with E-state index in [2.05, 4.69) is 15.9 Å². The van der Waals surface area contributed by atoms with E-state index < -0.39 is 29.0 Å². The van der Waals surface area contributed by atoms with E-state index in [1.165, 1.54) is 12.1 Å². The molecule has 2 bridgehead atoms. The number of nitrogens with zero attached hydrogens (tertiary/aromatic N) is 2. The minimum absolute atomic E-state index is 0.00697. The molecule has 192 valence electrons. The maximum atomic E-state index is 13.3. The molecular weight excluding hydrogens is 496 g/mol. The van der Waals surface area contributed by atoms with E-state index in [0.717, 1.165) is 46.5 Å². The van der Waals surface area contributed by atoms with Gasteiger partial charge in [-0.05, 0) is 90.6 Å². The maximum absolute atomic E-state index is 13.3. The molecule has 2 aliphatic carbocycles. The van der Waals surface area contributed by atoms with Crippen molar-refractivity contribution in [3.8, 4) is 22.5 Å². The Kier molecular flexibility index (Phi) is 6.42. The van der Waals surface area contributed by atoms with Gasteiger partial charge >= 0.3 is 6.18 Å². The van der Waals surface area contributed by atoms with E-state index in [-0.39, 0.29) is 17.7 Å². The first-order chi connectivity index (χ1) is 17.0. The van der Waals surface area contributed by atoms with Crippen LogP contribution < -0.4 is 9.44 Å². The average molecular weight is 523 g/mol. The number of benzene rings is 2. The summed E-state index contributed by atoms with van der Waals surface area (Å²) in [6, 6.07) is 13.8. The van der Waals surface area contributed by atoms with Crippen LogP contribution in [0.4, 0.5) is 17.6 Å². The van der Waals surface area contributed by atoms with Crippen LogP contribution in [0, 0.1) is 17.7 Å². The summed E-state index contributed by atoms with van der Waals surface area (Å²) in [5.41, 5.74) is 5.59. The summed E-state index contributed by atoms with van der Waals surface area (Å²) in [6.45, 7) is -1.60. The van der Waals surface area contributed by atoms with Crippen molar-refractivity contribution in [2.45, 2.75) is 37.9 Å². The summed E-state index contributed by atoms with van der Waals surface area (Å²) in [5, 5.41) is 4.63. The lowest BCUT2D eigenvalue weighted by Crippen LogP contribution is -2.49. The molecule has 5 rings (SSSR count). The number of aromatic nitrogens is 2. The molecule has 0 unspecified atom stereocenters. The zero-order valence-corrected chi connectivity index (χ0v) is 20.3. The second kappa shape index (κ2) is 9.28. The molecule has 1 heterocycles. The first-order valence-electron chi connectivity index (χ1n) is 11.7. The van der Waals surface area contributed by atoms with E-state index in [1.54, 1.807) is 21.5 Å². The third-order valence-corrected chi connectivity index (χ3v) is 8.27. The second-order valence-electron chi connectivity index (χ2n) is 9.62. The van der Waals surface area contributed by atoms with E-state index in [1.807, 2.05) is 25.2 Å². The topological polar surface area (TPSA) is 76.0 Å². The van der Waals surface area contributed by atoms with Gasteiger partial charge in [0.15, 0.2) is 0 Å². The predicted octanol–water partition coefficient (Wildman–Crippen LogP) is 4.37. The zero-order chi connectivity index (χ0) is 25.7. The molecule has 1 aromatic heterocycles. The lowest BCUT2D eigenvalue weighted by molar-refractivity contribution is -0.121. The highest BCUT2D eigenvalue weighted by Crippen LogP contribution is 2.41. The van der Waals surface area contributed by atoms with Crippen LogP contribution in [0.15, 0.2) is 48.5 Å².